The minimum absolute atomic E-state index is 0.223. The molecule has 0 radical (unpaired) electrons. The first-order valence-electron chi connectivity index (χ1n) is 7.86. The number of likely N-dealkylation sites (tertiary alicyclic amines) is 1. The van der Waals surface area contributed by atoms with Gasteiger partial charge in [-0.05, 0) is 51.9 Å². The van der Waals surface area contributed by atoms with Gasteiger partial charge in [0.2, 0.25) is 10.0 Å². The lowest BCUT2D eigenvalue weighted by molar-refractivity contribution is 0.182. The molecule has 0 spiro atoms. The third kappa shape index (κ3) is 5.05. The predicted octanol–water partition coefficient (Wildman–Crippen LogP) is 0.0199. The Balaban J connectivity index is 1.69. The van der Waals surface area contributed by atoms with Crippen LogP contribution >= 0.6 is 0 Å². The van der Waals surface area contributed by atoms with Gasteiger partial charge in [-0.2, -0.15) is 5.10 Å². The molecule has 0 aromatic carbocycles. The molecule has 0 aliphatic carbocycles. The quantitative estimate of drug-likeness (QED) is 0.703. The Hall–Kier alpha value is -0.960. The number of hydrogen-bond acceptors (Lipinski definition) is 5. The fraction of sp³-hybridized carbons (Fsp3) is 0.786. The van der Waals surface area contributed by atoms with Crippen LogP contribution in [0.25, 0.3) is 0 Å². The van der Waals surface area contributed by atoms with Gasteiger partial charge in [-0.25, -0.2) is 13.1 Å². The summed E-state index contributed by atoms with van der Waals surface area (Å²) < 4.78 is 28.3. The summed E-state index contributed by atoms with van der Waals surface area (Å²) in [6, 6.07) is 0. The van der Waals surface area contributed by atoms with Crippen LogP contribution < -0.4 is 10.0 Å². The first-order valence-corrected chi connectivity index (χ1v) is 9.35. The number of aryl methyl sites for hydroxylation is 1. The summed E-state index contributed by atoms with van der Waals surface area (Å²) in [7, 11) is 0.264. The highest BCUT2D eigenvalue weighted by Gasteiger charge is 2.20. The molecule has 0 atom stereocenters. The molecule has 1 aromatic rings. The number of rotatable bonds is 8. The van der Waals surface area contributed by atoms with Gasteiger partial charge in [0.25, 0.3) is 0 Å². The topological polar surface area (TPSA) is 79.3 Å². The molecule has 1 aliphatic rings. The molecule has 2 rings (SSSR count). The average molecular weight is 329 g/mol. The average Bonchev–Trinajstić information content (AvgIpc) is 2.94. The number of nitrogens with one attached hydrogen (secondary N) is 2. The Morgan fingerprint density at radius 1 is 1.32 bits per heavy atom. The molecule has 1 fully saturated rings. The molecule has 2 heterocycles. The molecule has 0 amide bonds. The van der Waals surface area contributed by atoms with Gasteiger partial charge in [-0.3, -0.25) is 4.68 Å². The Labute approximate surface area is 133 Å². The molecule has 0 unspecified atom stereocenters. The van der Waals surface area contributed by atoms with E-state index < -0.39 is 10.0 Å². The lowest BCUT2D eigenvalue weighted by Crippen LogP contribution is -2.39. The minimum Gasteiger partial charge on any atom is -0.320 e. The van der Waals surface area contributed by atoms with Gasteiger partial charge in [0.1, 0.15) is 4.90 Å². The molecule has 1 saturated heterocycles. The number of nitrogens with zero attached hydrogens (tertiary/aromatic N) is 3. The Morgan fingerprint density at radius 3 is 2.64 bits per heavy atom. The van der Waals surface area contributed by atoms with Gasteiger partial charge >= 0.3 is 0 Å². The van der Waals surface area contributed by atoms with Crippen molar-refractivity contribution in [2.45, 2.75) is 24.2 Å². The summed E-state index contributed by atoms with van der Waals surface area (Å²) >= 11 is 0. The maximum Gasteiger partial charge on any atom is 0.243 e. The van der Waals surface area contributed by atoms with E-state index in [9.17, 15) is 8.42 Å². The van der Waals surface area contributed by atoms with Crippen molar-refractivity contribution in [2.24, 2.45) is 13.0 Å². The summed E-state index contributed by atoms with van der Waals surface area (Å²) in [4.78, 5) is 2.56. The molecule has 22 heavy (non-hydrogen) atoms. The molecule has 8 heteroatoms. The van der Waals surface area contributed by atoms with Crippen molar-refractivity contribution < 1.29 is 8.42 Å². The highest BCUT2D eigenvalue weighted by molar-refractivity contribution is 7.89. The van der Waals surface area contributed by atoms with E-state index >= 15 is 0 Å². The van der Waals surface area contributed by atoms with Crippen LogP contribution in [0.2, 0.25) is 0 Å². The van der Waals surface area contributed by atoms with Gasteiger partial charge in [0.15, 0.2) is 0 Å². The summed E-state index contributed by atoms with van der Waals surface area (Å²) in [5.41, 5.74) is 0. The van der Waals surface area contributed by atoms with E-state index in [1.165, 1.54) is 36.3 Å². The van der Waals surface area contributed by atoms with Crippen LogP contribution in [0.5, 0.6) is 0 Å². The summed E-state index contributed by atoms with van der Waals surface area (Å²) in [5, 5.41) is 7.09. The highest BCUT2D eigenvalue weighted by Crippen LogP contribution is 2.19. The van der Waals surface area contributed by atoms with Gasteiger partial charge < -0.3 is 10.2 Å². The third-order valence-corrected chi connectivity index (χ3v) is 5.64. The van der Waals surface area contributed by atoms with Crippen molar-refractivity contribution in [2.75, 3.05) is 39.8 Å². The molecule has 126 valence electrons. The molecule has 0 saturated carbocycles. The lowest BCUT2D eigenvalue weighted by atomic mass is 9.93. The molecular weight excluding hydrogens is 302 g/mol. The van der Waals surface area contributed by atoms with Crippen molar-refractivity contribution >= 4 is 10.0 Å². The number of sulfonamides is 1. The largest absolute Gasteiger partial charge is 0.320 e. The molecule has 7 nitrogen and oxygen atoms in total. The van der Waals surface area contributed by atoms with E-state index in [2.05, 4.69) is 20.0 Å². The van der Waals surface area contributed by atoms with E-state index in [1.54, 1.807) is 7.05 Å². The summed E-state index contributed by atoms with van der Waals surface area (Å²) in [5.74, 6) is 0.802. The van der Waals surface area contributed by atoms with Gasteiger partial charge in [-0.15, -0.1) is 0 Å². The van der Waals surface area contributed by atoms with Crippen LogP contribution in [-0.2, 0) is 17.1 Å². The van der Waals surface area contributed by atoms with Gasteiger partial charge in [0, 0.05) is 26.3 Å². The fourth-order valence-corrected chi connectivity index (χ4v) is 3.81. The van der Waals surface area contributed by atoms with E-state index in [0.717, 1.165) is 32.1 Å². The molecule has 1 aliphatic heterocycles. The second-order valence-corrected chi connectivity index (χ2v) is 7.69. The Bertz CT molecular complexity index is 549. The van der Waals surface area contributed by atoms with Crippen LogP contribution in [0, 0.1) is 5.92 Å². The highest BCUT2D eigenvalue weighted by atomic mass is 32.2. The summed E-state index contributed by atoms with van der Waals surface area (Å²) in [6.45, 7) is 4.40. The van der Waals surface area contributed by atoms with Gasteiger partial charge in [-0.1, -0.05) is 0 Å². The standard InChI is InChI=1S/C14H27N5O2S/c1-15-6-3-13-4-8-19(9-5-13)10-7-17-22(20,21)14-11-16-18(2)12-14/h11-13,15,17H,3-10H2,1-2H3. The molecule has 2 N–H and O–H groups in total. The first kappa shape index (κ1) is 17.4. The van der Waals surface area contributed by atoms with Crippen LogP contribution in [0.3, 0.4) is 0 Å². The van der Waals surface area contributed by atoms with E-state index in [-0.39, 0.29) is 4.90 Å². The maximum atomic E-state index is 12.1. The van der Waals surface area contributed by atoms with Crippen molar-refractivity contribution in [3.8, 4) is 0 Å². The molecular formula is C14H27N5O2S. The van der Waals surface area contributed by atoms with Crippen molar-refractivity contribution in [1.82, 2.24) is 24.7 Å². The van der Waals surface area contributed by atoms with Crippen LogP contribution in [0.1, 0.15) is 19.3 Å². The van der Waals surface area contributed by atoms with E-state index in [0.29, 0.717) is 6.54 Å². The predicted molar refractivity (Wildman–Crippen MR) is 86.1 cm³/mol. The fourth-order valence-electron chi connectivity index (χ4n) is 2.81. The Morgan fingerprint density at radius 2 is 2.05 bits per heavy atom. The van der Waals surface area contributed by atoms with Crippen LogP contribution in [0.15, 0.2) is 17.3 Å². The van der Waals surface area contributed by atoms with Crippen molar-refractivity contribution in [3.63, 3.8) is 0 Å². The zero-order valence-electron chi connectivity index (χ0n) is 13.5. The smallest absolute Gasteiger partial charge is 0.243 e. The second kappa shape index (κ2) is 8.05. The van der Waals surface area contributed by atoms with Crippen LogP contribution in [0.4, 0.5) is 0 Å². The number of hydrogen-bond donors (Lipinski definition) is 2. The molecule has 1 aromatic heterocycles. The molecule has 0 bridgehead atoms. The summed E-state index contributed by atoms with van der Waals surface area (Å²) in [6.07, 6.45) is 6.53. The van der Waals surface area contributed by atoms with E-state index in [1.807, 2.05) is 7.05 Å². The van der Waals surface area contributed by atoms with Crippen molar-refractivity contribution in [1.29, 1.82) is 0 Å². The normalized spacial score (nSPS) is 17.9. The third-order valence-electron chi connectivity index (χ3n) is 4.22. The monoisotopic (exact) mass is 329 g/mol. The number of aromatic nitrogens is 2. The lowest BCUT2D eigenvalue weighted by Gasteiger charge is -2.31. The number of piperidine rings is 1. The first-order chi connectivity index (χ1) is 10.5. The van der Waals surface area contributed by atoms with Crippen molar-refractivity contribution in [3.05, 3.63) is 12.4 Å². The Kier molecular flexibility index (Phi) is 6.37. The zero-order valence-corrected chi connectivity index (χ0v) is 14.3. The minimum atomic E-state index is -3.43. The zero-order chi connectivity index (χ0) is 16.0. The van der Waals surface area contributed by atoms with Gasteiger partial charge in [0.05, 0.1) is 6.20 Å². The SMILES string of the molecule is CNCCC1CCN(CCNS(=O)(=O)c2cnn(C)c2)CC1. The van der Waals surface area contributed by atoms with Crippen LogP contribution in [-0.4, -0.2) is 62.9 Å². The second-order valence-electron chi connectivity index (χ2n) is 5.92. The van der Waals surface area contributed by atoms with E-state index in [4.69, 9.17) is 0 Å². The maximum absolute atomic E-state index is 12.1.